The molecule has 11 rings (SSSR count). The van der Waals surface area contributed by atoms with Crippen LogP contribution in [-0.4, -0.2) is 95.9 Å². The molecule has 18 heteroatoms. The van der Waals surface area contributed by atoms with Gasteiger partial charge in [0.25, 0.3) is 0 Å². The standard InChI is InChI=1S/C25H27N7O3.C22H20N6O2/c1-15-17(10-31-12-19(33)14-35-31)11-32(29-15)23-7-8-26-25(28-23)27-18-5-6-22-20(9-18)21(13-30(22)2)24(34)16-3-4-16;1-13-15(12-29)10-28(26-13)20-7-8-23-22(25-20)24-16-5-6-19-17(9-16)18(11-27(19)2)21(30)14-3-4-14/h5-9,11,13,16,19,33H,3-4,10,12,14H2,1-2H3,(H,26,27,28);5-12,14H,3-4H2,1-2H3,(H,23,24,25)/t19-;/m0./s1. The van der Waals surface area contributed by atoms with Crippen molar-refractivity contribution < 1.29 is 24.3 Å². The molecule has 7 heterocycles. The fourth-order valence-electron chi connectivity index (χ4n) is 8.10. The quantitative estimate of drug-likeness (QED) is 0.0834. The zero-order valence-corrected chi connectivity index (χ0v) is 36.3. The summed E-state index contributed by atoms with van der Waals surface area (Å²) in [5.41, 5.74) is 8.19. The highest BCUT2D eigenvalue weighted by molar-refractivity contribution is 6.11. The van der Waals surface area contributed by atoms with E-state index in [1.165, 1.54) is 0 Å². The van der Waals surface area contributed by atoms with Gasteiger partial charge in [-0.3, -0.25) is 19.2 Å². The predicted octanol–water partition coefficient (Wildman–Crippen LogP) is 6.52. The maximum absolute atomic E-state index is 12.8. The van der Waals surface area contributed by atoms with Gasteiger partial charge in [-0.25, -0.2) is 19.3 Å². The number of aldehydes is 1. The van der Waals surface area contributed by atoms with Crippen molar-refractivity contribution in [3.05, 3.63) is 119 Å². The monoisotopic (exact) mass is 873 g/mol. The number of carbonyl (C=O) groups is 3. The number of carbonyl (C=O) groups excluding carboxylic acids is 3. The number of ketones is 2. The van der Waals surface area contributed by atoms with Crippen LogP contribution in [0.1, 0.15) is 73.7 Å². The van der Waals surface area contributed by atoms with Crippen LogP contribution in [0.4, 0.5) is 23.3 Å². The minimum atomic E-state index is -0.459. The maximum Gasteiger partial charge on any atom is 0.229 e. The zero-order valence-electron chi connectivity index (χ0n) is 36.3. The lowest BCUT2D eigenvalue weighted by Crippen LogP contribution is -2.20. The van der Waals surface area contributed by atoms with Gasteiger partial charge in [-0.2, -0.15) is 25.2 Å². The minimum Gasteiger partial charge on any atom is -0.389 e. The fourth-order valence-corrected chi connectivity index (χ4v) is 8.10. The molecule has 2 saturated carbocycles. The molecule has 3 N–H and O–H groups in total. The predicted molar refractivity (Wildman–Crippen MR) is 242 cm³/mol. The Labute approximate surface area is 372 Å². The van der Waals surface area contributed by atoms with E-state index in [1.807, 2.05) is 85.1 Å². The molecule has 8 aromatic rings. The first-order chi connectivity index (χ1) is 31.5. The number of benzene rings is 2. The summed E-state index contributed by atoms with van der Waals surface area (Å²) < 4.78 is 7.25. The number of aryl methyl sites for hydroxylation is 4. The van der Waals surface area contributed by atoms with Crippen molar-refractivity contribution in [2.75, 3.05) is 23.8 Å². The van der Waals surface area contributed by atoms with E-state index in [4.69, 9.17) is 4.84 Å². The topological polar surface area (TPSA) is 205 Å². The number of nitrogens with zero attached hydrogens (tertiary/aromatic N) is 11. The number of anilines is 4. The number of rotatable bonds is 13. The number of hydrogen-bond acceptors (Lipinski definition) is 14. The van der Waals surface area contributed by atoms with Gasteiger partial charge in [0.15, 0.2) is 29.5 Å². The lowest BCUT2D eigenvalue weighted by atomic mass is 10.1. The van der Waals surface area contributed by atoms with Gasteiger partial charge in [-0.15, -0.1) is 0 Å². The first-order valence-electron chi connectivity index (χ1n) is 21.6. The van der Waals surface area contributed by atoms with E-state index in [-0.39, 0.29) is 23.4 Å². The number of aromatic nitrogens is 10. The van der Waals surface area contributed by atoms with Crippen molar-refractivity contribution in [2.24, 2.45) is 25.9 Å². The molecule has 3 aliphatic rings. The molecule has 2 aromatic carbocycles. The summed E-state index contributed by atoms with van der Waals surface area (Å²) in [5.74, 6) is 2.80. The summed E-state index contributed by atoms with van der Waals surface area (Å²) in [6, 6.07) is 15.4. The number of Topliss-reactive ketones (excluding diaryl/α,β-unsaturated/α-hetero) is 2. The van der Waals surface area contributed by atoms with Gasteiger partial charge in [0, 0.05) is 125 Å². The molecule has 0 spiro atoms. The van der Waals surface area contributed by atoms with E-state index in [0.29, 0.717) is 54.5 Å². The number of aliphatic hydroxyl groups excluding tert-OH is 1. The number of hydroxylamine groups is 2. The van der Waals surface area contributed by atoms with Crippen molar-refractivity contribution in [3.63, 3.8) is 0 Å². The molecule has 65 heavy (non-hydrogen) atoms. The molecule has 6 aromatic heterocycles. The van der Waals surface area contributed by atoms with E-state index < -0.39 is 6.10 Å². The number of nitrogens with one attached hydrogen (secondary N) is 2. The van der Waals surface area contributed by atoms with Gasteiger partial charge >= 0.3 is 0 Å². The first kappa shape index (κ1) is 41.6. The fraction of sp³-hybridized carbons (Fsp3) is 0.298. The van der Waals surface area contributed by atoms with Crippen LogP contribution >= 0.6 is 0 Å². The van der Waals surface area contributed by atoms with Crippen molar-refractivity contribution in [1.82, 2.24) is 53.7 Å². The summed E-state index contributed by atoms with van der Waals surface area (Å²) in [5, 5.41) is 28.7. The lowest BCUT2D eigenvalue weighted by molar-refractivity contribution is -0.118. The smallest absolute Gasteiger partial charge is 0.229 e. The van der Waals surface area contributed by atoms with Gasteiger partial charge in [0.2, 0.25) is 11.9 Å². The number of aliphatic hydroxyl groups is 1. The molecule has 0 radical (unpaired) electrons. The van der Waals surface area contributed by atoms with Crippen molar-refractivity contribution in [1.29, 1.82) is 0 Å². The molecule has 3 fully saturated rings. The van der Waals surface area contributed by atoms with Crippen LogP contribution in [0, 0.1) is 25.7 Å². The van der Waals surface area contributed by atoms with Crippen LogP contribution < -0.4 is 10.6 Å². The number of hydrogen-bond donors (Lipinski definition) is 3. The molecule has 0 amide bonds. The van der Waals surface area contributed by atoms with E-state index in [9.17, 15) is 19.5 Å². The molecule has 0 bridgehead atoms. The Kier molecular flexibility index (Phi) is 10.8. The average Bonchev–Trinajstić information content (AvgIpc) is 4.17. The summed E-state index contributed by atoms with van der Waals surface area (Å²) in [6.45, 7) is 5.05. The Morgan fingerprint density at radius 3 is 1.74 bits per heavy atom. The van der Waals surface area contributed by atoms with Crippen LogP contribution in [0.25, 0.3) is 33.4 Å². The van der Waals surface area contributed by atoms with Crippen molar-refractivity contribution in [2.45, 2.75) is 52.2 Å². The number of fused-ring (bicyclic) bond motifs is 2. The SMILES string of the molecule is Cc1nn(-c2ccnc(Nc3ccc4c(c3)c(C(=O)C3CC3)cn4C)n2)cc1C=O.Cc1nn(-c2ccnc(Nc3ccc4c(c3)c(C(=O)C3CC3)cn4C)n2)cc1CN1C[C@H](O)CO1. The Bertz CT molecular complexity index is 3140. The third kappa shape index (κ3) is 8.65. The molecule has 1 saturated heterocycles. The summed E-state index contributed by atoms with van der Waals surface area (Å²) in [4.78, 5) is 59.8. The van der Waals surface area contributed by atoms with E-state index >= 15 is 0 Å². The Hall–Kier alpha value is -7.41. The third-order valence-electron chi connectivity index (χ3n) is 11.9. The van der Waals surface area contributed by atoms with Crippen LogP contribution in [0.15, 0.2) is 85.7 Å². The zero-order chi connectivity index (χ0) is 44.9. The van der Waals surface area contributed by atoms with E-state index in [1.54, 1.807) is 52.1 Å². The highest BCUT2D eigenvalue weighted by Gasteiger charge is 2.33. The molecule has 2 aliphatic carbocycles. The second-order valence-corrected chi connectivity index (χ2v) is 17.0. The molecular formula is C47H47N13O5. The molecule has 1 atom stereocenters. The summed E-state index contributed by atoms with van der Waals surface area (Å²) >= 11 is 0. The molecule has 1 aliphatic heterocycles. The Morgan fingerprint density at radius 2 is 1.26 bits per heavy atom. The second kappa shape index (κ2) is 16.9. The van der Waals surface area contributed by atoms with E-state index in [2.05, 4.69) is 40.8 Å². The van der Waals surface area contributed by atoms with Gasteiger partial charge in [0.05, 0.1) is 42.8 Å². The van der Waals surface area contributed by atoms with E-state index in [0.717, 1.165) is 87.5 Å². The number of β-amino-alcohol motifs (C(OH)–C–C–N with tert-alkyl or cyclic N) is 1. The highest BCUT2D eigenvalue weighted by Crippen LogP contribution is 2.37. The normalized spacial score (nSPS) is 16.2. The lowest BCUT2D eigenvalue weighted by Gasteiger charge is -2.12. The van der Waals surface area contributed by atoms with Gasteiger partial charge < -0.3 is 24.9 Å². The van der Waals surface area contributed by atoms with Gasteiger partial charge in [-0.05, 0) is 75.9 Å². The van der Waals surface area contributed by atoms with Crippen molar-refractivity contribution >= 4 is 62.9 Å². The molecule has 18 nitrogen and oxygen atoms in total. The highest BCUT2D eigenvalue weighted by atomic mass is 16.7. The van der Waals surface area contributed by atoms with Crippen LogP contribution in [0.5, 0.6) is 0 Å². The largest absolute Gasteiger partial charge is 0.389 e. The summed E-state index contributed by atoms with van der Waals surface area (Å²) in [7, 11) is 3.91. The van der Waals surface area contributed by atoms with Crippen LogP contribution in [-0.2, 0) is 25.5 Å². The van der Waals surface area contributed by atoms with Crippen LogP contribution in [0.3, 0.4) is 0 Å². The van der Waals surface area contributed by atoms with Gasteiger partial charge in [-0.1, -0.05) is 0 Å². The molecule has 330 valence electrons. The second-order valence-electron chi connectivity index (χ2n) is 17.0. The maximum atomic E-state index is 12.8. The summed E-state index contributed by atoms with van der Waals surface area (Å²) in [6.07, 6.45) is 14.9. The Balaban J connectivity index is 0.000000155. The van der Waals surface area contributed by atoms with Crippen LogP contribution in [0.2, 0.25) is 0 Å². The van der Waals surface area contributed by atoms with Crippen molar-refractivity contribution in [3.8, 4) is 11.6 Å². The Morgan fingerprint density at radius 1 is 0.738 bits per heavy atom. The minimum absolute atomic E-state index is 0.168. The third-order valence-corrected chi connectivity index (χ3v) is 11.9. The first-order valence-corrected chi connectivity index (χ1v) is 21.6. The average molecular weight is 874 g/mol. The van der Waals surface area contributed by atoms with Gasteiger partial charge in [0.1, 0.15) is 0 Å². The molecule has 0 unspecified atom stereocenters. The molecular weight excluding hydrogens is 827 g/mol.